The Hall–Kier alpha value is -3.36. The van der Waals surface area contributed by atoms with Crippen molar-refractivity contribution in [2.45, 2.75) is 65.1 Å². The quantitative estimate of drug-likeness (QED) is 0.354. The lowest BCUT2D eigenvalue weighted by Crippen LogP contribution is -2.52. The number of amides is 2. The van der Waals surface area contributed by atoms with Crippen LogP contribution in [0.1, 0.15) is 43.0 Å². The summed E-state index contributed by atoms with van der Waals surface area (Å²) in [6, 6.07) is 18.0. The molecule has 3 aromatic carbocycles. The minimum Gasteiger partial charge on any atom is -0.352 e. The summed E-state index contributed by atoms with van der Waals surface area (Å²) in [5, 5.41) is 3.35. The van der Waals surface area contributed by atoms with Gasteiger partial charge in [-0.25, -0.2) is 8.42 Å². The van der Waals surface area contributed by atoms with E-state index in [1.54, 1.807) is 50.2 Å². The topological polar surface area (TPSA) is 86.8 Å². The zero-order chi connectivity index (χ0) is 28.9. The molecule has 7 nitrogen and oxygen atoms in total. The van der Waals surface area contributed by atoms with Crippen LogP contribution in [0.4, 0.5) is 5.69 Å². The van der Waals surface area contributed by atoms with Crippen molar-refractivity contribution in [3.05, 3.63) is 94.0 Å². The second kappa shape index (κ2) is 12.7. The molecule has 0 fully saturated rings. The molecule has 3 aromatic rings. The monoisotopic (exact) mass is 569 g/mol. The maximum absolute atomic E-state index is 14.0. The Kier molecular flexibility index (Phi) is 9.80. The first-order valence-corrected chi connectivity index (χ1v) is 14.6. The van der Waals surface area contributed by atoms with Crippen molar-refractivity contribution in [3.8, 4) is 0 Å². The summed E-state index contributed by atoms with van der Waals surface area (Å²) >= 11 is 6.18. The molecule has 1 N–H and O–H groups in total. The second-order valence-corrected chi connectivity index (χ2v) is 12.4. The zero-order valence-corrected chi connectivity index (χ0v) is 24.8. The molecule has 9 heteroatoms. The van der Waals surface area contributed by atoms with Crippen LogP contribution >= 0.6 is 11.6 Å². The molecular formula is C30H36ClN3O4S. The van der Waals surface area contributed by atoms with E-state index in [1.165, 1.54) is 17.0 Å². The standard InChI is InChI=1S/C30H36ClN3O4S/c1-20(2)32-30(36)24(6)33(18-25-8-7-9-26(31)17-25)29(35)19-34(28-16-22(4)10-13-23(28)5)39(37,38)27-14-11-21(3)12-15-27/h7-17,20,24H,18-19H2,1-6H3,(H,32,36)/t24-/m0/s1. The highest BCUT2D eigenvalue weighted by atomic mass is 35.5. The average molecular weight is 570 g/mol. The van der Waals surface area contributed by atoms with Gasteiger partial charge in [0.25, 0.3) is 10.0 Å². The molecule has 0 unspecified atom stereocenters. The third kappa shape index (κ3) is 7.61. The van der Waals surface area contributed by atoms with Gasteiger partial charge in [0.05, 0.1) is 10.6 Å². The van der Waals surface area contributed by atoms with Crippen LogP contribution in [0.2, 0.25) is 5.02 Å². The maximum Gasteiger partial charge on any atom is 0.264 e. The predicted octanol–water partition coefficient (Wildman–Crippen LogP) is 5.40. The number of hydrogen-bond donors (Lipinski definition) is 1. The maximum atomic E-state index is 14.0. The van der Waals surface area contributed by atoms with E-state index in [0.717, 1.165) is 21.0 Å². The van der Waals surface area contributed by atoms with Gasteiger partial charge in [-0.2, -0.15) is 0 Å². The van der Waals surface area contributed by atoms with E-state index in [4.69, 9.17) is 11.6 Å². The fraction of sp³-hybridized carbons (Fsp3) is 0.333. The molecule has 3 rings (SSSR count). The summed E-state index contributed by atoms with van der Waals surface area (Å²) in [6.07, 6.45) is 0. The number of anilines is 1. The van der Waals surface area contributed by atoms with E-state index >= 15 is 0 Å². The number of rotatable bonds is 10. The Morgan fingerprint density at radius 2 is 1.54 bits per heavy atom. The van der Waals surface area contributed by atoms with Crippen LogP contribution in [0, 0.1) is 20.8 Å². The van der Waals surface area contributed by atoms with Gasteiger partial charge in [0.15, 0.2) is 0 Å². The minimum atomic E-state index is -4.12. The highest BCUT2D eigenvalue weighted by Gasteiger charge is 2.33. The first kappa shape index (κ1) is 30.2. The first-order chi connectivity index (χ1) is 18.3. The number of halogens is 1. The van der Waals surface area contributed by atoms with Crippen LogP contribution in [0.25, 0.3) is 0 Å². The molecule has 39 heavy (non-hydrogen) atoms. The van der Waals surface area contributed by atoms with Gasteiger partial charge in [-0.1, -0.05) is 53.6 Å². The fourth-order valence-electron chi connectivity index (χ4n) is 4.16. The molecule has 0 aliphatic heterocycles. The van der Waals surface area contributed by atoms with Gasteiger partial charge in [0, 0.05) is 17.6 Å². The van der Waals surface area contributed by atoms with E-state index in [9.17, 15) is 18.0 Å². The summed E-state index contributed by atoms with van der Waals surface area (Å²) in [5.41, 5.74) is 3.61. The molecule has 0 saturated heterocycles. The van der Waals surface area contributed by atoms with Crippen LogP contribution in [0.3, 0.4) is 0 Å². The number of benzene rings is 3. The summed E-state index contributed by atoms with van der Waals surface area (Å²) in [7, 11) is -4.12. The first-order valence-electron chi connectivity index (χ1n) is 12.8. The molecule has 0 saturated carbocycles. The molecule has 2 amide bonds. The van der Waals surface area contributed by atoms with Crippen molar-refractivity contribution in [1.82, 2.24) is 10.2 Å². The molecular weight excluding hydrogens is 534 g/mol. The number of carbonyl (C=O) groups excluding carboxylic acids is 2. The average Bonchev–Trinajstić information content (AvgIpc) is 2.86. The summed E-state index contributed by atoms with van der Waals surface area (Å²) in [4.78, 5) is 28.5. The molecule has 0 spiro atoms. The number of nitrogens with one attached hydrogen (secondary N) is 1. The molecule has 208 valence electrons. The highest BCUT2D eigenvalue weighted by Crippen LogP contribution is 2.29. The lowest BCUT2D eigenvalue weighted by Gasteiger charge is -2.33. The van der Waals surface area contributed by atoms with E-state index < -0.39 is 28.5 Å². The summed E-state index contributed by atoms with van der Waals surface area (Å²) in [5.74, 6) is -0.849. The molecule has 0 aliphatic carbocycles. The van der Waals surface area contributed by atoms with Gasteiger partial charge in [0.2, 0.25) is 11.8 Å². The summed E-state index contributed by atoms with van der Waals surface area (Å²) in [6.45, 7) is 10.5. The molecule has 1 atom stereocenters. The van der Waals surface area contributed by atoms with Crippen molar-refractivity contribution in [2.24, 2.45) is 0 Å². The molecule has 0 aromatic heterocycles. The van der Waals surface area contributed by atoms with Gasteiger partial charge in [-0.3, -0.25) is 13.9 Å². The Balaban J connectivity index is 2.08. The number of sulfonamides is 1. The zero-order valence-electron chi connectivity index (χ0n) is 23.2. The second-order valence-electron chi connectivity index (χ2n) is 10.1. The Morgan fingerprint density at radius 3 is 2.15 bits per heavy atom. The fourth-order valence-corrected chi connectivity index (χ4v) is 5.84. The molecule has 0 heterocycles. The largest absolute Gasteiger partial charge is 0.352 e. The predicted molar refractivity (Wildman–Crippen MR) is 156 cm³/mol. The van der Waals surface area contributed by atoms with Crippen molar-refractivity contribution >= 4 is 39.1 Å². The van der Waals surface area contributed by atoms with Crippen molar-refractivity contribution < 1.29 is 18.0 Å². The van der Waals surface area contributed by atoms with E-state index in [0.29, 0.717) is 16.3 Å². The van der Waals surface area contributed by atoms with Crippen molar-refractivity contribution in [3.63, 3.8) is 0 Å². The smallest absolute Gasteiger partial charge is 0.264 e. The number of aryl methyl sites for hydroxylation is 3. The lowest BCUT2D eigenvalue weighted by molar-refractivity contribution is -0.139. The third-order valence-corrected chi connectivity index (χ3v) is 8.37. The Labute approximate surface area is 236 Å². The molecule has 0 bridgehead atoms. The van der Waals surface area contributed by atoms with Crippen LogP contribution < -0.4 is 9.62 Å². The van der Waals surface area contributed by atoms with Gasteiger partial charge < -0.3 is 10.2 Å². The SMILES string of the molecule is Cc1ccc(S(=O)(=O)N(CC(=O)N(Cc2cccc(Cl)c2)[C@@H](C)C(=O)NC(C)C)c2cc(C)ccc2C)cc1. The van der Waals surface area contributed by atoms with Crippen LogP contribution in [-0.4, -0.2) is 43.8 Å². The number of carbonyl (C=O) groups is 2. The van der Waals surface area contributed by atoms with E-state index in [1.807, 2.05) is 45.9 Å². The Bertz CT molecular complexity index is 1440. The van der Waals surface area contributed by atoms with Crippen LogP contribution in [0.5, 0.6) is 0 Å². The van der Waals surface area contributed by atoms with Gasteiger partial charge in [-0.05, 0) is 88.6 Å². The third-order valence-electron chi connectivity index (χ3n) is 6.36. The van der Waals surface area contributed by atoms with E-state index in [-0.39, 0.29) is 23.4 Å². The van der Waals surface area contributed by atoms with E-state index in [2.05, 4.69) is 5.32 Å². The van der Waals surface area contributed by atoms with Gasteiger partial charge in [0.1, 0.15) is 12.6 Å². The summed E-state index contributed by atoms with van der Waals surface area (Å²) < 4.78 is 29.1. The highest BCUT2D eigenvalue weighted by molar-refractivity contribution is 7.92. The van der Waals surface area contributed by atoms with Crippen molar-refractivity contribution in [2.75, 3.05) is 10.8 Å². The van der Waals surface area contributed by atoms with Crippen LogP contribution in [-0.2, 0) is 26.2 Å². The van der Waals surface area contributed by atoms with Crippen LogP contribution in [0.15, 0.2) is 71.6 Å². The Morgan fingerprint density at radius 1 is 0.897 bits per heavy atom. The molecule has 0 aliphatic rings. The van der Waals surface area contributed by atoms with Crippen molar-refractivity contribution in [1.29, 1.82) is 0 Å². The number of hydrogen-bond acceptors (Lipinski definition) is 4. The number of nitrogens with zero attached hydrogens (tertiary/aromatic N) is 2. The van der Waals surface area contributed by atoms with Gasteiger partial charge >= 0.3 is 0 Å². The molecule has 0 radical (unpaired) electrons. The normalized spacial score (nSPS) is 12.2. The minimum absolute atomic E-state index is 0.0776. The lowest BCUT2D eigenvalue weighted by atomic mass is 10.1. The van der Waals surface area contributed by atoms with Gasteiger partial charge in [-0.15, -0.1) is 0 Å².